The molecule has 1 amide bonds. The zero-order valence-electron chi connectivity index (χ0n) is 14.3. The zero-order chi connectivity index (χ0) is 16.6. The van der Waals surface area contributed by atoms with Gasteiger partial charge in [-0.3, -0.25) is 4.79 Å². The molecule has 132 valence electrons. The summed E-state index contributed by atoms with van der Waals surface area (Å²) in [5.41, 5.74) is 2.02. The van der Waals surface area contributed by atoms with Gasteiger partial charge in [-0.2, -0.15) is 0 Å². The van der Waals surface area contributed by atoms with Gasteiger partial charge in [-0.05, 0) is 12.1 Å². The van der Waals surface area contributed by atoms with Gasteiger partial charge < -0.3 is 24.6 Å². The molecule has 2 fully saturated rings. The normalized spacial score (nSPS) is 20.0. The van der Waals surface area contributed by atoms with Crippen LogP contribution in [0.4, 0.5) is 0 Å². The van der Waals surface area contributed by atoms with Crippen molar-refractivity contribution in [2.75, 3.05) is 65.7 Å². The number of ether oxygens (including phenoxy) is 2. The summed E-state index contributed by atoms with van der Waals surface area (Å²) < 4.78 is 10.7. The standard InChI is InChI=1S/C18H27N3O3/c22-18(19-5-6-20-7-11-23-12-8-20)17-3-1-16(2-4-17)15-21-9-13-24-14-10-21/h1-4H,5-15H2,(H,19,22)/p+2. The molecular weight excluding hydrogens is 306 g/mol. The molecule has 0 bridgehead atoms. The van der Waals surface area contributed by atoms with Crippen molar-refractivity contribution >= 4 is 5.91 Å². The number of nitrogens with one attached hydrogen (secondary N) is 3. The van der Waals surface area contributed by atoms with E-state index in [4.69, 9.17) is 9.47 Å². The van der Waals surface area contributed by atoms with Gasteiger partial charge in [0, 0.05) is 11.1 Å². The Hall–Kier alpha value is -1.47. The van der Waals surface area contributed by atoms with Crippen LogP contribution in [0.1, 0.15) is 15.9 Å². The molecular formula is C18H29N3O3+2. The van der Waals surface area contributed by atoms with Gasteiger partial charge in [-0.25, -0.2) is 0 Å². The van der Waals surface area contributed by atoms with Crippen molar-refractivity contribution in [1.82, 2.24) is 5.32 Å². The summed E-state index contributed by atoms with van der Waals surface area (Å²) in [6.45, 7) is 10.2. The van der Waals surface area contributed by atoms with Crippen LogP contribution >= 0.6 is 0 Å². The summed E-state index contributed by atoms with van der Waals surface area (Å²) >= 11 is 0. The Balaban J connectivity index is 1.41. The molecule has 0 unspecified atom stereocenters. The van der Waals surface area contributed by atoms with Gasteiger partial charge in [0.25, 0.3) is 5.91 Å². The highest BCUT2D eigenvalue weighted by Crippen LogP contribution is 2.03. The molecule has 3 rings (SSSR count). The third-order valence-corrected chi connectivity index (χ3v) is 4.83. The molecule has 2 aliphatic rings. The molecule has 2 saturated heterocycles. The van der Waals surface area contributed by atoms with E-state index in [1.807, 2.05) is 12.1 Å². The maximum Gasteiger partial charge on any atom is 0.251 e. The molecule has 0 atom stereocenters. The lowest BCUT2D eigenvalue weighted by Crippen LogP contribution is -3.14. The average Bonchev–Trinajstić information content (AvgIpc) is 2.64. The number of quaternary nitrogens is 2. The number of carbonyl (C=O) groups is 1. The fourth-order valence-electron chi connectivity index (χ4n) is 3.26. The minimum absolute atomic E-state index is 0.0212. The maximum atomic E-state index is 12.2. The van der Waals surface area contributed by atoms with Crippen LogP contribution in [0.5, 0.6) is 0 Å². The molecule has 6 heteroatoms. The van der Waals surface area contributed by atoms with E-state index in [0.29, 0.717) is 6.54 Å². The van der Waals surface area contributed by atoms with Crippen LogP contribution in [0.15, 0.2) is 24.3 Å². The first-order chi connectivity index (χ1) is 11.8. The van der Waals surface area contributed by atoms with E-state index in [1.165, 1.54) is 10.5 Å². The van der Waals surface area contributed by atoms with Crippen molar-refractivity contribution in [2.24, 2.45) is 0 Å². The van der Waals surface area contributed by atoms with Crippen molar-refractivity contribution in [1.29, 1.82) is 0 Å². The van der Waals surface area contributed by atoms with E-state index < -0.39 is 0 Å². The number of hydrogen-bond donors (Lipinski definition) is 3. The predicted octanol–water partition coefficient (Wildman–Crippen LogP) is -2.25. The lowest BCUT2D eigenvalue weighted by molar-refractivity contribution is -0.921. The van der Waals surface area contributed by atoms with E-state index in [0.717, 1.165) is 71.3 Å². The maximum absolute atomic E-state index is 12.2. The van der Waals surface area contributed by atoms with Crippen molar-refractivity contribution in [3.8, 4) is 0 Å². The van der Waals surface area contributed by atoms with E-state index in [-0.39, 0.29) is 5.91 Å². The van der Waals surface area contributed by atoms with Crippen molar-refractivity contribution < 1.29 is 24.1 Å². The van der Waals surface area contributed by atoms with Crippen LogP contribution in [0.25, 0.3) is 0 Å². The van der Waals surface area contributed by atoms with Gasteiger partial charge in [0.05, 0.1) is 39.5 Å². The van der Waals surface area contributed by atoms with E-state index >= 15 is 0 Å². The third kappa shape index (κ3) is 5.27. The second-order valence-corrected chi connectivity index (χ2v) is 6.60. The van der Waals surface area contributed by atoms with Crippen LogP contribution in [0.3, 0.4) is 0 Å². The quantitative estimate of drug-likeness (QED) is 0.550. The van der Waals surface area contributed by atoms with Crippen LogP contribution in [-0.4, -0.2) is 71.6 Å². The molecule has 0 spiro atoms. The summed E-state index contributed by atoms with van der Waals surface area (Å²) in [5, 5.41) is 3.02. The van der Waals surface area contributed by atoms with Gasteiger partial charge in [0.1, 0.15) is 32.7 Å². The van der Waals surface area contributed by atoms with Crippen molar-refractivity contribution in [3.63, 3.8) is 0 Å². The van der Waals surface area contributed by atoms with Crippen LogP contribution in [0, 0.1) is 0 Å². The van der Waals surface area contributed by atoms with Gasteiger partial charge in [-0.1, -0.05) is 12.1 Å². The first kappa shape index (κ1) is 17.4. The fraction of sp³-hybridized carbons (Fsp3) is 0.611. The van der Waals surface area contributed by atoms with E-state index in [2.05, 4.69) is 17.4 Å². The highest BCUT2D eigenvalue weighted by Gasteiger charge is 2.15. The smallest absolute Gasteiger partial charge is 0.251 e. The summed E-state index contributed by atoms with van der Waals surface area (Å²) in [4.78, 5) is 15.3. The van der Waals surface area contributed by atoms with Gasteiger partial charge in [0.15, 0.2) is 0 Å². The Morgan fingerprint density at radius 2 is 1.50 bits per heavy atom. The second kappa shape index (κ2) is 9.13. The van der Waals surface area contributed by atoms with Gasteiger partial charge in [0.2, 0.25) is 0 Å². The first-order valence-electron chi connectivity index (χ1n) is 9.01. The first-order valence-corrected chi connectivity index (χ1v) is 9.01. The number of morpholine rings is 2. The molecule has 1 aromatic carbocycles. The lowest BCUT2D eigenvalue weighted by Gasteiger charge is -2.24. The highest BCUT2D eigenvalue weighted by atomic mass is 16.5. The molecule has 0 radical (unpaired) electrons. The number of carbonyl (C=O) groups excluding carboxylic acids is 1. The summed E-state index contributed by atoms with van der Waals surface area (Å²) in [6.07, 6.45) is 0. The summed E-state index contributed by atoms with van der Waals surface area (Å²) in [6, 6.07) is 8.02. The fourth-order valence-corrected chi connectivity index (χ4v) is 3.26. The molecule has 6 nitrogen and oxygen atoms in total. The van der Waals surface area contributed by atoms with Crippen molar-refractivity contribution in [2.45, 2.75) is 6.54 Å². The predicted molar refractivity (Wildman–Crippen MR) is 90.4 cm³/mol. The largest absolute Gasteiger partial charge is 0.370 e. The minimum Gasteiger partial charge on any atom is -0.370 e. The molecule has 0 aromatic heterocycles. The summed E-state index contributed by atoms with van der Waals surface area (Å²) in [5.74, 6) is 0.0212. The average molecular weight is 335 g/mol. The van der Waals surface area contributed by atoms with E-state index in [1.54, 1.807) is 4.90 Å². The second-order valence-electron chi connectivity index (χ2n) is 6.60. The van der Waals surface area contributed by atoms with Gasteiger partial charge in [-0.15, -0.1) is 0 Å². The molecule has 24 heavy (non-hydrogen) atoms. The van der Waals surface area contributed by atoms with Crippen LogP contribution < -0.4 is 15.1 Å². The molecule has 0 aliphatic carbocycles. The number of rotatable bonds is 6. The van der Waals surface area contributed by atoms with Gasteiger partial charge >= 0.3 is 0 Å². The Labute approximate surface area is 143 Å². The molecule has 2 heterocycles. The number of amides is 1. The third-order valence-electron chi connectivity index (χ3n) is 4.83. The number of hydrogen-bond acceptors (Lipinski definition) is 3. The summed E-state index contributed by atoms with van der Waals surface area (Å²) in [7, 11) is 0. The van der Waals surface area contributed by atoms with Crippen molar-refractivity contribution in [3.05, 3.63) is 35.4 Å². The molecule has 2 aliphatic heterocycles. The Morgan fingerprint density at radius 1 is 0.917 bits per heavy atom. The Kier molecular flexibility index (Phi) is 6.60. The molecule has 0 saturated carbocycles. The number of benzene rings is 1. The Bertz CT molecular complexity index is 509. The lowest BCUT2D eigenvalue weighted by atomic mass is 10.1. The molecule has 3 N–H and O–H groups in total. The molecule has 1 aromatic rings. The Morgan fingerprint density at radius 3 is 2.12 bits per heavy atom. The van der Waals surface area contributed by atoms with Crippen LogP contribution in [-0.2, 0) is 16.0 Å². The SMILES string of the molecule is O=C(NCC[NH+]1CCOCC1)c1ccc(C[NH+]2CCOCC2)cc1. The van der Waals surface area contributed by atoms with Crippen LogP contribution in [0.2, 0.25) is 0 Å². The minimum atomic E-state index is 0.0212. The zero-order valence-corrected chi connectivity index (χ0v) is 14.3. The monoisotopic (exact) mass is 335 g/mol. The highest BCUT2D eigenvalue weighted by molar-refractivity contribution is 5.94. The van der Waals surface area contributed by atoms with E-state index in [9.17, 15) is 4.79 Å². The topological polar surface area (TPSA) is 56.4 Å².